The fourth-order valence-corrected chi connectivity index (χ4v) is 8.59. The number of ketones is 1. The monoisotopic (exact) mass is 468 g/mol. The lowest BCUT2D eigenvalue weighted by atomic mass is 10.0. The maximum absolute atomic E-state index is 14.3. The minimum absolute atomic E-state index is 0.0355. The molecule has 3 aromatic rings. The molecule has 1 aliphatic rings. The van der Waals surface area contributed by atoms with E-state index in [1.165, 1.54) is 0 Å². The van der Waals surface area contributed by atoms with Gasteiger partial charge in [0.1, 0.15) is 5.75 Å². The number of carbonyl (C=O) groups excluding carboxylic acids is 1. The van der Waals surface area contributed by atoms with Crippen LogP contribution in [0.15, 0.2) is 78.9 Å². The van der Waals surface area contributed by atoms with Crippen molar-refractivity contribution in [3.05, 3.63) is 90.0 Å². The van der Waals surface area contributed by atoms with E-state index in [1.54, 1.807) is 29.6 Å². The maximum Gasteiger partial charge on any atom is 0.170 e. The normalized spacial score (nSPS) is 15.0. The molecular weight excluding hydrogens is 443 g/mol. The van der Waals surface area contributed by atoms with E-state index in [0.717, 1.165) is 17.7 Å². The summed E-state index contributed by atoms with van der Waals surface area (Å²) in [4.78, 5) is 13.5. The van der Waals surface area contributed by atoms with Crippen LogP contribution in [-0.2, 0) is 8.64 Å². The highest BCUT2D eigenvalue weighted by Gasteiger charge is 2.38. The zero-order valence-electron chi connectivity index (χ0n) is 17.6. The molecule has 1 aliphatic heterocycles. The Bertz CT molecular complexity index is 1070. The third-order valence-electron chi connectivity index (χ3n) is 5.77. The zero-order chi connectivity index (χ0) is 21.9. The van der Waals surface area contributed by atoms with Gasteiger partial charge < -0.3 is 9.30 Å². The Labute approximate surface area is 192 Å². The molecule has 0 atom stereocenters. The Morgan fingerprint density at radius 1 is 0.935 bits per heavy atom. The van der Waals surface area contributed by atoms with Gasteiger partial charge in [0.2, 0.25) is 0 Å². The molecule has 0 N–H and O–H groups in total. The second kappa shape index (κ2) is 9.28. The van der Waals surface area contributed by atoms with Gasteiger partial charge in [-0.25, -0.2) is 0 Å². The lowest BCUT2D eigenvalue weighted by molar-refractivity contribution is 0.102. The number of thioether (sulfide) groups is 2. The molecule has 0 aromatic heterocycles. The van der Waals surface area contributed by atoms with Crippen LogP contribution in [0.4, 0.5) is 0 Å². The van der Waals surface area contributed by atoms with Crippen molar-refractivity contribution in [1.82, 2.24) is 0 Å². The lowest BCUT2D eigenvalue weighted by Gasteiger charge is -2.36. The SMILES string of the molecule is CSC1(SC)CCOc2ccc(C(=O)CP(=O)(c3ccccc3)c3ccccc3)cc21. The number of ether oxygens (including phenoxy) is 1. The topological polar surface area (TPSA) is 43.4 Å². The molecule has 0 bridgehead atoms. The highest BCUT2D eigenvalue weighted by atomic mass is 32.2. The van der Waals surface area contributed by atoms with Gasteiger partial charge in [0.25, 0.3) is 0 Å². The van der Waals surface area contributed by atoms with E-state index in [-0.39, 0.29) is 16.0 Å². The third kappa shape index (κ3) is 4.24. The summed E-state index contributed by atoms with van der Waals surface area (Å²) in [6.07, 6.45) is 5.04. The van der Waals surface area contributed by atoms with Crippen LogP contribution in [0.3, 0.4) is 0 Å². The van der Waals surface area contributed by atoms with E-state index in [4.69, 9.17) is 4.74 Å². The van der Waals surface area contributed by atoms with E-state index >= 15 is 0 Å². The fourth-order valence-electron chi connectivity index (χ4n) is 4.03. The van der Waals surface area contributed by atoms with E-state index in [9.17, 15) is 9.36 Å². The fraction of sp³-hybridized carbons (Fsp3) is 0.240. The number of rotatable bonds is 7. The van der Waals surface area contributed by atoms with Crippen LogP contribution < -0.4 is 15.3 Å². The average molecular weight is 469 g/mol. The van der Waals surface area contributed by atoms with Crippen LogP contribution in [0.2, 0.25) is 0 Å². The number of Topliss-reactive ketones (excluding diaryl/α,β-unsaturated/α-hetero) is 1. The lowest BCUT2D eigenvalue weighted by Crippen LogP contribution is -2.27. The summed E-state index contributed by atoms with van der Waals surface area (Å²) < 4.78 is 20.0. The van der Waals surface area contributed by atoms with Gasteiger partial charge in [-0.05, 0) is 30.7 Å². The highest BCUT2D eigenvalue weighted by Crippen LogP contribution is 2.53. The van der Waals surface area contributed by atoms with Crippen molar-refractivity contribution < 1.29 is 14.1 Å². The second-order valence-corrected chi connectivity index (χ2v) is 12.8. The van der Waals surface area contributed by atoms with E-state index < -0.39 is 7.14 Å². The third-order valence-corrected chi connectivity index (χ3v) is 11.9. The van der Waals surface area contributed by atoms with Crippen LogP contribution in [0.25, 0.3) is 0 Å². The molecule has 6 heteroatoms. The molecule has 160 valence electrons. The Morgan fingerprint density at radius 3 is 2.06 bits per heavy atom. The molecule has 31 heavy (non-hydrogen) atoms. The number of carbonyl (C=O) groups is 1. The van der Waals surface area contributed by atoms with Crippen molar-refractivity contribution >= 4 is 47.1 Å². The first kappa shape index (κ1) is 22.3. The Hall–Kier alpha value is -1.94. The molecule has 0 unspecified atom stereocenters. The van der Waals surface area contributed by atoms with Gasteiger partial charge >= 0.3 is 0 Å². The summed E-state index contributed by atoms with van der Waals surface area (Å²) in [6, 6.07) is 24.3. The van der Waals surface area contributed by atoms with E-state index in [1.807, 2.05) is 72.8 Å². The Balaban J connectivity index is 1.73. The highest BCUT2D eigenvalue weighted by molar-refractivity contribution is 8.16. The van der Waals surface area contributed by atoms with Gasteiger partial charge in [-0.15, -0.1) is 23.5 Å². The molecule has 0 fully saturated rings. The first-order valence-corrected chi connectivity index (χ1v) is 14.5. The summed E-state index contributed by atoms with van der Waals surface area (Å²) in [6.45, 7) is 0.666. The first-order chi connectivity index (χ1) is 15.0. The van der Waals surface area contributed by atoms with Gasteiger partial charge in [0.15, 0.2) is 12.9 Å². The van der Waals surface area contributed by atoms with Crippen LogP contribution in [-0.4, -0.2) is 31.1 Å². The average Bonchev–Trinajstić information content (AvgIpc) is 2.84. The van der Waals surface area contributed by atoms with Gasteiger partial charge in [-0.3, -0.25) is 4.79 Å². The molecule has 0 amide bonds. The zero-order valence-corrected chi connectivity index (χ0v) is 20.1. The smallest absolute Gasteiger partial charge is 0.170 e. The quantitative estimate of drug-likeness (QED) is 0.259. The van der Waals surface area contributed by atoms with Crippen molar-refractivity contribution in [1.29, 1.82) is 0 Å². The predicted octanol–water partition coefficient (Wildman–Crippen LogP) is 5.54. The van der Waals surface area contributed by atoms with E-state index in [2.05, 4.69) is 12.5 Å². The minimum atomic E-state index is -3.11. The minimum Gasteiger partial charge on any atom is -0.493 e. The number of benzene rings is 3. The molecule has 4 rings (SSSR count). The van der Waals surface area contributed by atoms with Crippen LogP contribution in [0.1, 0.15) is 22.3 Å². The van der Waals surface area contributed by atoms with Gasteiger partial charge in [-0.2, -0.15) is 0 Å². The van der Waals surface area contributed by atoms with E-state index in [0.29, 0.717) is 22.8 Å². The number of hydrogen-bond acceptors (Lipinski definition) is 5. The first-order valence-electron chi connectivity index (χ1n) is 10.1. The Kier molecular flexibility index (Phi) is 6.66. The van der Waals surface area contributed by atoms with Gasteiger partial charge in [-0.1, -0.05) is 60.7 Å². The largest absolute Gasteiger partial charge is 0.493 e. The van der Waals surface area contributed by atoms with Crippen molar-refractivity contribution in [3.63, 3.8) is 0 Å². The molecule has 3 nitrogen and oxygen atoms in total. The molecule has 0 radical (unpaired) electrons. The van der Waals surface area contributed by atoms with Crippen LogP contribution in [0.5, 0.6) is 5.75 Å². The molecule has 0 spiro atoms. The van der Waals surface area contributed by atoms with Crippen molar-refractivity contribution in [2.45, 2.75) is 10.5 Å². The number of fused-ring (bicyclic) bond motifs is 1. The summed E-state index contributed by atoms with van der Waals surface area (Å²) >= 11 is 3.56. The van der Waals surface area contributed by atoms with Crippen molar-refractivity contribution in [2.24, 2.45) is 0 Å². The Morgan fingerprint density at radius 2 is 1.52 bits per heavy atom. The number of hydrogen-bond donors (Lipinski definition) is 0. The summed E-state index contributed by atoms with van der Waals surface area (Å²) in [7, 11) is -3.11. The second-order valence-electron chi connectivity index (χ2n) is 7.46. The predicted molar refractivity (Wildman–Crippen MR) is 134 cm³/mol. The van der Waals surface area contributed by atoms with Gasteiger partial charge in [0, 0.05) is 28.2 Å². The maximum atomic E-state index is 14.3. The standard InChI is InChI=1S/C25H25O3PS2/c1-30-25(31-2)15-16-28-24-14-13-19(17-22(24)25)23(26)18-29(27,20-9-5-3-6-10-20)21-11-7-4-8-12-21/h3-14,17H,15-16,18H2,1-2H3. The van der Waals surface area contributed by atoms with Crippen molar-refractivity contribution in [3.8, 4) is 5.75 Å². The molecule has 3 aromatic carbocycles. The van der Waals surface area contributed by atoms with Crippen molar-refractivity contribution in [2.75, 3.05) is 25.3 Å². The molecule has 0 aliphatic carbocycles. The molecular formula is C25H25O3PS2. The molecule has 0 saturated carbocycles. The summed E-state index contributed by atoms with van der Waals surface area (Å²) in [5.41, 5.74) is 1.63. The van der Waals surface area contributed by atoms with Crippen LogP contribution >= 0.6 is 30.7 Å². The summed E-state index contributed by atoms with van der Waals surface area (Å²) in [5, 5.41) is 1.41. The summed E-state index contributed by atoms with van der Waals surface area (Å²) in [5.74, 6) is 0.723. The van der Waals surface area contributed by atoms with Gasteiger partial charge in [0.05, 0.1) is 16.8 Å². The van der Waals surface area contributed by atoms with Crippen LogP contribution in [0, 0.1) is 0 Å². The molecule has 1 heterocycles. The molecule has 0 saturated heterocycles.